The van der Waals surface area contributed by atoms with Crippen molar-refractivity contribution >= 4 is 29.7 Å². The molecule has 0 aliphatic carbocycles. The molecule has 12 heteroatoms. The van der Waals surface area contributed by atoms with E-state index in [-0.39, 0.29) is 37.4 Å². The van der Waals surface area contributed by atoms with Crippen LogP contribution in [0, 0.1) is 0 Å². The van der Waals surface area contributed by atoms with E-state index in [1.165, 1.54) is 4.90 Å². The Labute approximate surface area is 174 Å². The molecule has 0 radical (unpaired) electrons. The summed E-state index contributed by atoms with van der Waals surface area (Å²) in [4.78, 5) is 53.9. The number of nitrogens with one attached hydrogen (secondary N) is 3. The number of likely N-dealkylation sites (tertiary alicyclic amines) is 1. The van der Waals surface area contributed by atoms with Gasteiger partial charge in [0.2, 0.25) is 17.7 Å². The first-order chi connectivity index (χ1) is 14.3. The van der Waals surface area contributed by atoms with E-state index >= 15 is 0 Å². The first-order valence-corrected chi connectivity index (χ1v) is 10.2. The molecule has 0 aromatic rings. The molecule has 30 heavy (non-hydrogen) atoms. The van der Waals surface area contributed by atoms with Crippen molar-refractivity contribution in [1.29, 1.82) is 0 Å². The lowest BCUT2D eigenvalue weighted by Gasteiger charge is -2.27. The quantitative estimate of drug-likeness (QED) is 0.125. The first kappa shape index (κ1) is 23.4. The normalized spacial score (nSPS) is 21.7. The summed E-state index contributed by atoms with van der Waals surface area (Å²) in [6.45, 7) is 1.09. The number of carboxylic acids is 1. The summed E-state index contributed by atoms with van der Waals surface area (Å²) >= 11 is 0. The number of carbonyl (C=O) groups is 4. The lowest BCUT2D eigenvalue weighted by molar-refractivity contribution is -0.149. The highest BCUT2D eigenvalue weighted by molar-refractivity contribution is 5.92. The number of rotatable bonds is 10. The van der Waals surface area contributed by atoms with Crippen molar-refractivity contribution in [2.45, 2.75) is 56.7 Å². The summed E-state index contributed by atoms with van der Waals surface area (Å²) in [6.07, 6.45) is 3.23. The summed E-state index contributed by atoms with van der Waals surface area (Å²) in [5.74, 6) is -2.38. The molecule has 3 atom stereocenters. The van der Waals surface area contributed by atoms with Crippen molar-refractivity contribution in [1.82, 2.24) is 20.9 Å². The lowest BCUT2D eigenvalue weighted by atomic mass is 10.1. The van der Waals surface area contributed by atoms with Gasteiger partial charge in [0, 0.05) is 13.1 Å². The number of aliphatic carboxylic acids is 1. The molecule has 0 aromatic heterocycles. The Morgan fingerprint density at radius 3 is 2.60 bits per heavy atom. The summed E-state index contributed by atoms with van der Waals surface area (Å²) in [5.41, 5.74) is 10.6. The van der Waals surface area contributed by atoms with E-state index < -0.39 is 29.9 Å². The van der Waals surface area contributed by atoms with Crippen LogP contribution < -0.4 is 27.4 Å². The lowest BCUT2D eigenvalue weighted by Crippen LogP contribution is -2.53. The maximum atomic E-state index is 12.9. The van der Waals surface area contributed by atoms with Crippen molar-refractivity contribution in [3.05, 3.63) is 0 Å². The molecule has 2 saturated heterocycles. The topological polar surface area (TPSA) is 192 Å². The van der Waals surface area contributed by atoms with Gasteiger partial charge in [-0.1, -0.05) is 0 Å². The number of nitrogens with zero attached hydrogens (tertiary/aromatic N) is 2. The van der Waals surface area contributed by atoms with E-state index in [0.29, 0.717) is 32.2 Å². The highest BCUT2D eigenvalue weighted by Crippen LogP contribution is 2.19. The molecule has 0 spiro atoms. The minimum absolute atomic E-state index is 0.0735. The molecule has 2 rings (SSSR count). The van der Waals surface area contributed by atoms with E-state index in [4.69, 9.17) is 11.5 Å². The van der Waals surface area contributed by atoms with Crippen LogP contribution in [0.15, 0.2) is 4.99 Å². The van der Waals surface area contributed by atoms with Gasteiger partial charge in [0.1, 0.15) is 12.1 Å². The van der Waals surface area contributed by atoms with Crippen molar-refractivity contribution in [3.63, 3.8) is 0 Å². The minimum atomic E-state index is -1.07. The van der Waals surface area contributed by atoms with Gasteiger partial charge in [0.15, 0.2) is 5.96 Å². The first-order valence-electron chi connectivity index (χ1n) is 10.2. The molecular formula is C18H31N7O5. The molecule has 3 amide bonds. The van der Waals surface area contributed by atoms with Crippen LogP contribution in [0.25, 0.3) is 0 Å². The van der Waals surface area contributed by atoms with Crippen molar-refractivity contribution < 1.29 is 24.3 Å². The fourth-order valence-electron chi connectivity index (χ4n) is 3.69. The summed E-state index contributed by atoms with van der Waals surface area (Å²) in [6, 6.07) is -2.13. The molecule has 0 bridgehead atoms. The third-order valence-electron chi connectivity index (χ3n) is 5.20. The number of carbonyl (C=O) groups excluding carboxylic acids is 3. The predicted octanol–water partition coefficient (Wildman–Crippen LogP) is -2.53. The molecule has 2 aliphatic heterocycles. The van der Waals surface area contributed by atoms with Crippen LogP contribution in [0.5, 0.6) is 0 Å². The van der Waals surface area contributed by atoms with Gasteiger partial charge in [0.25, 0.3) is 0 Å². The Hall–Kier alpha value is -2.89. The van der Waals surface area contributed by atoms with Gasteiger partial charge in [-0.25, -0.2) is 4.79 Å². The van der Waals surface area contributed by atoms with Crippen LogP contribution in [-0.4, -0.2) is 84.0 Å². The summed E-state index contributed by atoms with van der Waals surface area (Å²) in [5, 5.41) is 17.6. The average molecular weight is 425 g/mol. The number of hydrogen-bond donors (Lipinski definition) is 6. The van der Waals surface area contributed by atoms with E-state index in [9.17, 15) is 24.3 Å². The summed E-state index contributed by atoms with van der Waals surface area (Å²) in [7, 11) is 0. The molecule has 3 unspecified atom stereocenters. The Bertz CT molecular complexity index is 674. The molecule has 0 saturated carbocycles. The largest absolute Gasteiger partial charge is 0.480 e. The molecular weight excluding hydrogens is 394 g/mol. The van der Waals surface area contributed by atoms with Gasteiger partial charge in [-0.2, -0.15) is 0 Å². The van der Waals surface area contributed by atoms with Gasteiger partial charge < -0.3 is 37.4 Å². The number of carboxylic acid groups (broad SMARTS) is 1. The van der Waals surface area contributed by atoms with Crippen molar-refractivity contribution in [3.8, 4) is 0 Å². The highest BCUT2D eigenvalue weighted by atomic mass is 16.4. The Kier molecular flexibility index (Phi) is 8.84. The third kappa shape index (κ3) is 6.87. The predicted molar refractivity (Wildman–Crippen MR) is 108 cm³/mol. The smallest absolute Gasteiger partial charge is 0.326 e. The van der Waals surface area contributed by atoms with Crippen LogP contribution in [0.4, 0.5) is 0 Å². The van der Waals surface area contributed by atoms with Crippen LogP contribution in [0.2, 0.25) is 0 Å². The second-order valence-electron chi connectivity index (χ2n) is 7.46. The van der Waals surface area contributed by atoms with Crippen LogP contribution in [0.3, 0.4) is 0 Å². The second-order valence-corrected chi connectivity index (χ2v) is 7.46. The summed E-state index contributed by atoms with van der Waals surface area (Å²) < 4.78 is 0. The number of amides is 3. The number of aliphatic imine (C=N–C) groups is 1. The second kappa shape index (κ2) is 11.3. The fourth-order valence-corrected chi connectivity index (χ4v) is 3.69. The zero-order chi connectivity index (χ0) is 22.1. The average Bonchev–Trinajstić information content (AvgIpc) is 3.39. The molecule has 0 aromatic carbocycles. The van der Waals surface area contributed by atoms with Gasteiger partial charge in [-0.05, 0) is 45.1 Å². The zero-order valence-corrected chi connectivity index (χ0v) is 16.9. The maximum absolute atomic E-state index is 12.9. The fraction of sp³-hybridized carbons (Fsp3) is 0.722. The van der Waals surface area contributed by atoms with E-state index in [2.05, 4.69) is 20.9 Å². The Balaban J connectivity index is 1.94. The zero-order valence-electron chi connectivity index (χ0n) is 16.9. The highest BCUT2D eigenvalue weighted by Gasteiger charge is 2.37. The van der Waals surface area contributed by atoms with E-state index in [1.54, 1.807) is 0 Å². The molecule has 168 valence electrons. The molecule has 2 fully saturated rings. The van der Waals surface area contributed by atoms with E-state index in [0.717, 1.165) is 13.0 Å². The van der Waals surface area contributed by atoms with Crippen LogP contribution in [-0.2, 0) is 19.2 Å². The van der Waals surface area contributed by atoms with Gasteiger partial charge in [0.05, 0.1) is 12.6 Å². The maximum Gasteiger partial charge on any atom is 0.326 e. The molecule has 2 heterocycles. The monoisotopic (exact) mass is 425 g/mol. The number of nitrogens with two attached hydrogens (primary N) is 2. The van der Waals surface area contributed by atoms with Crippen LogP contribution in [0.1, 0.15) is 38.5 Å². The minimum Gasteiger partial charge on any atom is -0.480 e. The molecule has 12 nitrogen and oxygen atoms in total. The van der Waals surface area contributed by atoms with Crippen molar-refractivity contribution in [2.75, 3.05) is 26.2 Å². The van der Waals surface area contributed by atoms with Crippen molar-refractivity contribution in [2.24, 2.45) is 16.5 Å². The van der Waals surface area contributed by atoms with E-state index in [1.807, 2.05) is 0 Å². The number of hydrogen-bond acceptors (Lipinski definition) is 6. The molecule has 2 aliphatic rings. The number of guanidine groups is 1. The van der Waals surface area contributed by atoms with Crippen LogP contribution >= 0.6 is 0 Å². The SMILES string of the molecule is NC(N)=NCCCC(NC(=O)CNC(=O)C1CCCN1)C(=O)N1CCCC1C(=O)O. The Morgan fingerprint density at radius 2 is 1.97 bits per heavy atom. The van der Waals surface area contributed by atoms with Gasteiger partial charge in [-0.15, -0.1) is 0 Å². The third-order valence-corrected chi connectivity index (χ3v) is 5.20. The van der Waals surface area contributed by atoms with Gasteiger partial charge >= 0.3 is 5.97 Å². The molecule has 8 N–H and O–H groups in total. The Morgan fingerprint density at radius 1 is 1.20 bits per heavy atom. The standard InChI is InChI=1S/C18H31N7O5/c19-18(20)22-8-2-5-12(16(28)25-9-3-6-13(25)17(29)30)24-14(26)10-23-15(27)11-4-1-7-21-11/h11-13,21H,1-10H2,(H,23,27)(H,24,26)(H,29,30)(H4,19,20,22). The van der Waals surface area contributed by atoms with Gasteiger partial charge in [-0.3, -0.25) is 19.4 Å².